The molecule has 0 aliphatic heterocycles. The van der Waals surface area contributed by atoms with E-state index in [0.717, 1.165) is 30.5 Å². The highest BCUT2D eigenvalue weighted by Gasteiger charge is 2.18. The van der Waals surface area contributed by atoms with Gasteiger partial charge < -0.3 is 4.90 Å². The van der Waals surface area contributed by atoms with Crippen LogP contribution in [0.15, 0.2) is 47.4 Å². The fourth-order valence-electron chi connectivity index (χ4n) is 2.89. The zero-order chi connectivity index (χ0) is 16.4. The molecular weight excluding hydrogens is 308 g/mol. The fraction of sp³-hybridized carbons (Fsp3) is 0.333. The molecule has 0 radical (unpaired) electrons. The van der Waals surface area contributed by atoms with Crippen LogP contribution in [-0.4, -0.2) is 22.5 Å². The maximum Gasteiger partial charge on any atom is 0.240 e. The molecule has 0 heterocycles. The fourth-order valence-corrected chi connectivity index (χ4v) is 3.96. The average Bonchev–Trinajstić information content (AvgIpc) is 3.01. The Morgan fingerprint density at radius 1 is 1.00 bits per heavy atom. The van der Waals surface area contributed by atoms with Gasteiger partial charge in [0.1, 0.15) is 0 Å². The third-order valence-electron chi connectivity index (χ3n) is 4.30. The van der Waals surface area contributed by atoms with Gasteiger partial charge in [0.05, 0.1) is 4.90 Å². The van der Waals surface area contributed by atoms with Crippen molar-refractivity contribution in [3.05, 3.63) is 59.2 Å². The first-order chi connectivity index (χ1) is 11.0. The molecule has 0 amide bonds. The Hall–Kier alpha value is -1.85. The van der Waals surface area contributed by atoms with Crippen LogP contribution in [-0.2, 0) is 29.4 Å². The Balaban J connectivity index is 1.71. The maximum absolute atomic E-state index is 12.5. The van der Waals surface area contributed by atoms with E-state index in [-0.39, 0.29) is 0 Å². The highest BCUT2D eigenvalue weighted by molar-refractivity contribution is 7.89. The Labute approximate surface area is 138 Å². The minimum atomic E-state index is -3.47. The van der Waals surface area contributed by atoms with Gasteiger partial charge in [-0.1, -0.05) is 18.2 Å². The molecule has 4 nitrogen and oxygen atoms in total. The molecule has 0 atom stereocenters. The summed E-state index contributed by atoms with van der Waals surface area (Å²) in [7, 11) is 0.489. The van der Waals surface area contributed by atoms with Crippen molar-refractivity contribution >= 4 is 15.7 Å². The van der Waals surface area contributed by atoms with Crippen molar-refractivity contribution in [1.82, 2.24) is 4.72 Å². The lowest BCUT2D eigenvalue weighted by Crippen LogP contribution is -2.23. The molecular formula is C18H22N2O2S. The van der Waals surface area contributed by atoms with Gasteiger partial charge in [-0.25, -0.2) is 13.1 Å². The van der Waals surface area contributed by atoms with E-state index in [2.05, 4.69) is 4.72 Å². The number of benzene rings is 2. The second-order valence-corrected chi connectivity index (χ2v) is 7.94. The summed E-state index contributed by atoms with van der Waals surface area (Å²) in [6, 6.07) is 13.3. The number of hydrogen-bond acceptors (Lipinski definition) is 3. The first-order valence-corrected chi connectivity index (χ1v) is 9.32. The zero-order valence-corrected chi connectivity index (χ0v) is 14.4. The molecule has 0 fully saturated rings. The smallest absolute Gasteiger partial charge is 0.240 e. The standard InChI is InChI=1S/C18H22N2O2S/c1-20(2)17-9-6-14(7-10-17)13-19-23(21,22)18-11-8-15-4-3-5-16(15)12-18/h6-12,19H,3-5,13H2,1-2H3. The number of hydrogen-bond donors (Lipinski definition) is 1. The van der Waals surface area contributed by atoms with Crippen molar-refractivity contribution < 1.29 is 8.42 Å². The van der Waals surface area contributed by atoms with Crippen LogP contribution in [0, 0.1) is 0 Å². The van der Waals surface area contributed by atoms with E-state index in [1.54, 1.807) is 6.07 Å². The second kappa shape index (κ2) is 6.34. The minimum absolute atomic E-state index is 0.299. The first kappa shape index (κ1) is 16.0. The van der Waals surface area contributed by atoms with Gasteiger partial charge in [-0.2, -0.15) is 0 Å². The number of fused-ring (bicyclic) bond motifs is 1. The van der Waals surface area contributed by atoms with Crippen LogP contribution in [0.4, 0.5) is 5.69 Å². The third-order valence-corrected chi connectivity index (χ3v) is 5.70. The van der Waals surface area contributed by atoms with Crippen molar-refractivity contribution in [3.8, 4) is 0 Å². The molecule has 5 heteroatoms. The number of nitrogens with one attached hydrogen (secondary N) is 1. The lowest BCUT2D eigenvalue weighted by Gasteiger charge is -2.13. The molecule has 3 rings (SSSR count). The lowest BCUT2D eigenvalue weighted by molar-refractivity contribution is 0.581. The molecule has 0 saturated heterocycles. The number of sulfonamides is 1. The van der Waals surface area contributed by atoms with Crippen LogP contribution in [0.2, 0.25) is 0 Å². The summed E-state index contributed by atoms with van der Waals surface area (Å²) in [5, 5.41) is 0. The zero-order valence-electron chi connectivity index (χ0n) is 13.5. The van der Waals surface area contributed by atoms with Gasteiger partial charge in [-0.3, -0.25) is 0 Å². The summed E-state index contributed by atoms with van der Waals surface area (Å²) in [5.74, 6) is 0. The SMILES string of the molecule is CN(C)c1ccc(CNS(=O)(=O)c2ccc3c(c2)CCC3)cc1. The van der Waals surface area contributed by atoms with Crippen LogP contribution in [0.25, 0.3) is 0 Å². The molecule has 23 heavy (non-hydrogen) atoms. The summed E-state index contributed by atoms with van der Waals surface area (Å²) in [5.41, 5.74) is 4.49. The molecule has 1 N–H and O–H groups in total. The second-order valence-electron chi connectivity index (χ2n) is 6.17. The Bertz CT molecular complexity index is 796. The number of aryl methyl sites for hydroxylation is 2. The van der Waals surface area contributed by atoms with E-state index in [9.17, 15) is 8.42 Å². The predicted octanol–water partition coefficient (Wildman–Crippen LogP) is 2.72. The Morgan fingerprint density at radius 3 is 2.39 bits per heavy atom. The molecule has 1 aliphatic carbocycles. The number of rotatable bonds is 5. The Kier molecular flexibility index (Phi) is 4.41. The van der Waals surface area contributed by atoms with Crippen LogP contribution in [0.1, 0.15) is 23.1 Å². The van der Waals surface area contributed by atoms with Gasteiger partial charge in [0.2, 0.25) is 10.0 Å². The highest BCUT2D eigenvalue weighted by Crippen LogP contribution is 2.24. The third kappa shape index (κ3) is 3.57. The molecule has 1 aliphatic rings. The van der Waals surface area contributed by atoms with Crippen molar-refractivity contribution in [2.24, 2.45) is 0 Å². The summed E-state index contributed by atoms with van der Waals surface area (Å²) in [6.07, 6.45) is 3.15. The van der Waals surface area contributed by atoms with Gasteiger partial charge in [-0.05, 0) is 60.2 Å². The molecule has 0 bridgehead atoms. The average molecular weight is 330 g/mol. The molecule has 2 aromatic carbocycles. The van der Waals surface area contributed by atoms with Crippen molar-refractivity contribution in [3.63, 3.8) is 0 Å². The van der Waals surface area contributed by atoms with Gasteiger partial charge in [0.25, 0.3) is 0 Å². The summed E-state index contributed by atoms with van der Waals surface area (Å²) in [6.45, 7) is 0.299. The highest BCUT2D eigenvalue weighted by atomic mass is 32.2. The van der Waals surface area contributed by atoms with Crippen molar-refractivity contribution in [1.29, 1.82) is 0 Å². The van der Waals surface area contributed by atoms with E-state index in [0.29, 0.717) is 11.4 Å². The van der Waals surface area contributed by atoms with E-state index < -0.39 is 10.0 Å². The van der Waals surface area contributed by atoms with Crippen molar-refractivity contribution in [2.75, 3.05) is 19.0 Å². The van der Waals surface area contributed by atoms with E-state index in [1.807, 2.05) is 55.4 Å². The van der Waals surface area contributed by atoms with Gasteiger partial charge in [-0.15, -0.1) is 0 Å². The van der Waals surface area contributed by atoms with E-state index in [1.165, 1.54) is 11.1 Å². The van der Waals surface area contributed by atoms with Crippen LogP contribution < -0.4 is 9.62 Å². The molecule has 0 spiro atoms. The molecule has 0 unspecified atom stereocenters. The largest absolute Gasteiger partial charge is 0.378 e. The quantitative estimate of drug-likeness (QED) is 0.917. The van der Waals surface area contributed by atoms with Gasteiger partial charge >= 0.3 is 0 Å². The Morgan fingerprint density at radius 2 is 1.70 bits per heavy atom. The molecule has 2 aromatic rings. The van der Waals surface area contributed by atoms with E-state index >= 15 is 0 Å². The van der Waals surface area contributed by atoms with Crippen molar-refractivity contribution in [2.45, 2.75) is 30.7 Å². The molecule has 0 saturated carbocycles. The van der Waals surface area contributed by atoms with E-state index in [4.69, 9.17) is 0 Å². The summed E-state index contributed by atoms with van der Waals surface area (Å²) < 4.78 is 27.6. The number of nitrogens with zero attached hydrogens (tertiary/aromatic N) is 1. The lowest BCUT2D eigenvalue weighted by atomic mass is 10.1. The first-order valence-electron chi connectivity index (χ1n) is 7.83. The maximum atomic E-state index is 12.5. The van der Waals surface area contributed by atoms with Gasteiger partial charge in [0, 0.05) is 26.3 Å². The predicted molar refractivity (Wildman–Crippen MR) is 93.3 cm³/mol. The van der Waals surface area contributed by atoms with Crippen LogP contribution in [0.3, 0.4) is 0 Å². The summed E-state index contributed by atoms with van der Waals surface area (Å²) in [4.78, 5) is 2.38. The molecule has 0 aromatic heterocycles. The summed E-state index contributed by atoms with van der Waals surface area (Å²) >= 11 is 0. The normalized spacial score (nSPS) is 13.8. The monoisotopic (exact) mass is 330 g/mol. The topological polar surface area (TPSA) is 49.4 Å². The van der Waals surface area contributed by atoms with Gasteiger partial charge in [0.15, 0.2) is 0 Å². The van der Waals surface area contributed by atoms with Crippen LogP contribution >= 0.6 is 0 Å². The minimum Gasteiger partial charge on any atom is -0.378 e. The van der Waals surface area contributed by atoms with Crippen LogP contribution in [0.5, 0.6) is 0 Å². The number of anilines is 1. The molecule has 122 valence electrons.